The zero-order valence-corrected chi connectivity index (χ0v) is 12.5. The number of piperazine rings is 1. The third-order valence-electron chi connectivity index (χ3n) is 2.54. The second-order valence-corrected chi connectivity index (χ2v) is 3.47. The van der Waals surface area contributed by atoms with Crippen LogP contribution in [0.3, 0.4) is 0 Å². The Balaban J connectivity index is 0.00000128. The number of rotatable bonds is 1. The second kappa shape index (κ2) is 6.56. The number of carbonyl (C=O) groups is 1. The average molecular weight is 244 g/mol. The van der Waals surface area contributed by atoms with Crippen molar-refractivity contribution >= 4 is 11.8 Å². The zero-order chi connectivity index (χ0) is 10.7. The molecule has 1 aliphatic rings. The summed E-state index contributed by atoms with van der Waals surface area (Å²) < 4.78 is 0. The number of aromatic nitrogens is 1. The third-order valence-corrected chi connectivity index (χ3v) is 2.54. The Hall–Kier alpha value is -0.144. The zero-order valence-electron chi connectivity index (χ0n) is 9.39. The molecule has 1 aromatic rings. The summed E-state index contributed by atoms with van der Waals surface area (Å²) in [7, 11) is 0. The molecule has 0 radical (unpaired) electrons. The van der Waals surface area contributed by atoms with E-state index in [1.54, 1.807) is 11.1 Å². The molecule has 2 heterocycles. The SMILES string of the molecule is [K+].[NH-]C(=O)N1CCN(c2ccccn2)CC1. The normalized spacial score (nSPS) is 15.5. The van der Waals surface area contributed by atoms with Crippen molar-refractivity contribution in [3.63, 3.8) is 0 Å². The van der Waals surface area contributed by atoms with E-state index in [1.165, 1.54) is 0 Å². The minimum Gasteiger partial charge on any atom is -0.447 e. The molecule has 1 aliphatic heterocycles. The van der Waals surface area contributed by atoms with E-state index in [-0.39, 0.29) is 51.4 Å². The van der Waals surface area contributed by atoms with Gasteiger partial charge in [0.05, 0.1) is 0 Å². The van der Waals surface area contributed by atoms with Gasteiger partial charge in [-0.3, -0.25) is 4.79 Å². The maximum atomic E-state index is 10.8. The molecule has 2 rings (SSSR count). The fourth-order valence-corrected chi connectivity index (χ4v) is 1.68. The van der Waals surface area contributed by atoms with Gasteiger partial charge in [0.25, 0.3) is 0 Å². The van der Waals surface area contributed by atoms with E-state index in [0.717, 1.165) is 18.9 Å². The van der Waals surface area contributed by atoms with Gasteiger partial charge in [0.2, 0.25) is 0 Å². The molecule has 0 aromatic carbocycles. The molecule has 0 spiro atoms. The first-order chi connectivity index (χ1) is 7.27. The number of hydrogen-bond donors (Lipinski definition) is 0. The van der Waals surface area contributed by atoms with Gasteiger partial charge < -0.3 is 15.5 Å². The van der Waals surface area contributed by atoms with E-state index in [2.05, 4.69) is 9.88 Å². The van der Waals surface area contributed by atoms with Crippen LogP contribution >= 0.6 is 0 Å². The van der Waals surface area contributed by atoms with E-state index in [4.69, 9.17) is 5.73 Å². The number of anilines is 1. The first-order valence-electron chi connectivity index (χ1n) is 4.94. The predicted molar refractivity (Wildman–Crippen MR) is 57.7 cm³/mol. The Morgan fingerprint density at radius 3 is 2.44 bits per heavy atom. The molecule has 0 atom stereocenters. The molecular formula is C10H13KN4O. The summed E-state index contributed by atoms with van der Waals surface area (Å²) in [5.41, 5.74) is 7.00. The molecular weight excluding hydrogens is 231 g/mol. The van der Waals surface area contributed by atoms with Crippen LogP contribution in [-0.2, 0) is 0 Å². The van der Waals surface area contributed by atoms with Crippen LogP contribution in [0.1, 0.15) is 0 Å². The van der Waals surface area contributed by atoms with E-state index >= 15 is 0 Å². The van der Waals surface area contributed by atoms with Gasteiger partial charge in [0, 0.05) is 19.3 Å². The monoisotopic (exact) mass is 244 g/mol. The maximum Gasteiger partial charge on any atom is 1.00 e. The summed E-state index contributed by atoms with van der Waals surface area (Å²) in [5, 5.41) is 0. The van der Waals surface area contributed by atoms with Gasteiger partial charge in [-0.05, 0) is 25.2 Å². The molecule has 0 aliphatic carbocycles. The molecule has 0 unspecified atom stereocenters. The van der Waals surface area contributed by atoms with Gasteiger partial charge in [-0.15, -0.1) is 0 Å². The van der Waals surface area contributed by atoms with Crippen molar-refractivity contribution in [1.29, 1.82) is 0 Å². The first-order valence-corrected chi connectivity index (χ1v) is 4.94. The number of hydrogen-bond acceptors (Lipinski definition) is 3. The first kappa shape index (κ1) is 13.9. The van der Waals surface area contributed by atoms with Crippen LogP contribution in [0.2, 0.25) is 0 Å². The molecule has 6 heteroatoms. The molecule has 1 N–H and O–H groups in total. The van der Waals surface area contributed by atoms with Gasteiger partial charge in [0.1, 0.15) is 5.82 Å². The molecule has 0 bridgehead atoms. The van der Waals surface area contributed by atoms with Crippen LogP contribution in [-0.4, -0.2) is 42.1 Å². The molecule has 2 amide bonds. The van der Waals surface area contributed by atoms with Crippen molar-refractivity contribution in [1.82, 2.24) is 9.88 Å². The summed E-state index contributed by atoms with van der Waals surface area (Å²) in [6.07, 6.45) is 1.76. The Morgan fingerprint density at radius 2 is 1.94 bits per heavy atom. The quantitative estimate of drug-likeness (QED) is 0.558. The molecule has 1 fully saturated rings. The number of carbonyl (C=O) groups excluding carboxylic acids is 1. The largest absolute Gasteiger partial charge is 1.00 e. The standard InChI is InChI=1S/C10H14N4O.K/c11-10(15)14-7-5-13(6-8-14)9-3-1-2-4-12-9;/h1-4H,5-8H2,(H2,11,15);/q;+1/p-1. The Bertz CT molecular complexity index is 338. The molecule has 0 saturated carbocycles. The van der Waals surface area contributed by atoms with E-state index in [9.17, 15) is 4.79 Å². The van der Waals surface area contributed by atoms with Crippen LogP contribution in [0.4, 0.5) is 10.6 Å². The molecule has 5 nitrogen and oxygen atoms in total. The van der Waals surface area contributed by atoms with Gasteiger partial charge in [-0.1, -0.05) is 6.07 Å². The number of urea groups is 1. The van der Waals surface area contributed by atoms with Crippen LogP contribution in [0.25, 0.3) is 5.73 Å². The smallest absolute Gasteiger partial charge is 0.447 e. The Labute approximate surface area is 137 Å². The van der Waals surface area contributed by atoms with Crippen molar-refractivity contribution in [2.24, 2.45) is 0 Å². The number of nitrogens with zero attached hydrogens (tertiary/aromatic N) is 3. The summed E-state index contributed by atoms with van der Waals surface area (Å²) in [6.45, 7) is 2.72. The summed E-state index contributed by atoms with van der Waals surface area (Å²) in [4.78, 5) is 18.7. The summed E-state index contributed by atoms with van der Waals surface area (Å²) in [5.74, 6) is 0.939. The maximum absolute atomic E-state index is 10.8. The van der Waals surface area contributed by atoms with E-state index < -0.39 is 6.03 Å². The van der Waals surface area contributed by atoms with E-state index in [1.807, 2.05) is 18.2 Å². The minimum atomic E-state index is -0.587. The number of pyridine rings is 1. The predicted octanol–water partition coefficient (Wildman–Crippen LogP) is -1.62. The number of nitrogens with one attached hydrogen (secondary N) is 1. The van der Waals surface area contributed by atoms with Crippen molar-refractivity contribution in [2.45, 2.75) is 0 Å². The van der Waals surface area contributed by atoms with Gasteiger partial charge in [-0.2, -0.15) is 0 Å². The topological polar surface area (TPSA) is 60.2 Å². The Kier molecular flexibility index (Phi) is 5.70. The van der Waals surface area contributed by atoms with E-state index in [0.29, 0.717) is 13.1 Å². The molecule has 1 aromatic heterocycles. The summed E-state index contributed by atoms with van der Waals surface area (Å²) in [6, 6.07) is 5.20. The van der Waals surface area contributed by atoms with Crippen molar-refractivity contribution in [3.05, 3.63) is 30.1 Å². The van der Waals surface area contributed by atoms with Crippen molar-refractivity contribution < 1.29 is 56.2 Å². The average Bonchev–Trinajstić information content (AvgIpc) is 2.30. The molecule has 80 valence electrons. The Morgan fingerprint density at radius 1 is 1.25 bits per heavy atom. The van der Waals surface area contributed by atoms with Crippen LogP contribution in [0, 0.1) is 0 Å². The molecule has 1 saturated heterocycles. The van der Waals surface area contributed by atoms with Crippen molar-refractivity contribution in [3.8, 4) is 0 Å². The van der Waals surface area contributed by atoms with Gasteiger partial charge in [0.15, 0.2) is 6.03 Å². The van der Waals surface area contributed by atoms with Crippen LogP contribution in [0.15, 0.2) is 24.4 Å². The minimum absolute atomic E-state index is 0. The fraction of sp³-hybridized carbons (Fsp3) is 0.400. The van der Waals surface area contributed by atoms with Gasteiger partial charge >= 0.3 is 51.4 Å². The third kappa shape index (κ3) is 3.43. The fourth-order valence-electron chi connectivity index (χ4n) is 1.68. The summed E-state index contributed by atoms with van der Waals surface area (Å²) >= 11 is 0. The second-order valence-electron chi connectivity index (χ2n) is 3.47. The number of amides is 2. The van der Waals surface area contributed by atoms with Crippen LogP contribution in [0.5, 0.6) is 0 Å². The van der Waals surface area contributed by atoms with Crippen molar-refractivity contribution in [2.75, 3.05) is 31.1 Å². The molecule has 16 heavy (non-hydrogen) atoms. The van der Waals surface area contributed by atoms with Gasteiger partial charge in [-0.25, -0.2) is 4.98 Å². The van der Waals surface area contributed by atoms with Crippen LogP contribution < -0.4 is 56.3 Å².